The molecule has 1 rings (SSSR count). The third kappa shape index (κ3) is 2.69. The van der Waals surface area contributed by atoms with E-state index in [1.54, 1.807) is 12.5 Å². The van der Waals surface area contributed by atoms with Gasteiger partial charge < -0.3 is 15.4 Å². The van der Waals surface area contributed by atoms with E-state index in [9.17, 15) is 0 Å². The molecule has 0 bridgehead atoms. The summed E-state index contributed by atoms with van der Waals surface area (Å²) in [5.41, 5.74) is 1.03. The molecular weight excluding hydrogens is 142 g/mol. The number of rotatable bonds is 4. The molecule has 4 nitrogen and oxygen atoms in total. The topological polar surface area (TPSA) is 60.9 Å². The number of aromatic nitrogens is 2. The highest BCUT2D eigenvalue weighted by molar-refractivity contribution is 4.93. The van der Waals surface area contributed by atoms with Crippen molar-refractivity contribution in [3.8, 4) is 0 Å². The Kier molecular flexibility index (Phi) is 3.07. The van der Waals surface area contributed by atoms with Crippen molar-refractivity contribution in [2.24, 2.45) is 0 Å². The van der Waals surface area contributed by atoms with Crippen LogP contribution in [0.5, 0.6) is 0 Å². The fraction of sp³-hybridized carbons (Fsp3) is 0.571. The van der Waals surface area contributed by atoms with Crippen LogP contribution in [0.1, 0.15) is 12.6 Å². The van der Waals surface area contributed by atoms with E-state index in [4.69, 9.17) is 5.11 Å². The van der Waals surface area contributed by atoms with E-state index in [2.05, 4.69) is 15.3 Å². The van der Waals surface area contributed by atoms with E-state index in [1.165, 1.54) is 0 Å². The lowest BCUT2D eigenvalue weighted by atomic mass is 10.3. The minimum atomic E-state index is 0.137. The Morgan fingerprint density at radius 2 is 2.64 bits per heavy atom. The molecule has 0 aliphatic heterocycles. The Hall–Kier alpha value is -0.870. The molecule has 0 aliphatic rings. The second kappa shape index (κ2) is 4.10. The fourth-order valence-corrected chi connectivity index (χ4v) is 0.730. The van der Waals surface area contributed by atoms with Crippen LogP contribution < -0.4 is 5.32 Å². The molecule has 0 saturated heterocycles. The minimum Gasteiger partial charge on any atom is -0.395 e. The third-order valence-electron chi connectivity index (χ3n) is 1.47. The summed E-state index contributed by atoms with van der Waals surface area (Å²) in [6.07, 6.45) is 3.40. The predicted molar refractivity (Wildman–Crippen MR) is 42.0 cm³/mol. The number of imidazole rings is 1. The van der Waals surface area contributed by atoms with Gasteiger partial charge in [-0.1, -0.05) is 0 Å². The molecule has 0 spiro atoms. The van der Waals surface area contributed by atoms with Gasteiger partial charge >= 0.3 is 0 Å². The van der Waals surface area contributed by atoms with Crippen LogP contribution in [0.4, 0.5) is 0 Å². The van der Waals surface area contributed by atoms with E-state index in [-0.39, 0.29) is 12.6 Å². The highest BCUT2D eigenvalue weighted by Gasteiger charge is 1.98. The normalized spacial score (nSPS) is 13.3. The van der Waals surface area contributed by atoms with Crippen LogP contribution in [0.15, 0.2) is 12.5 Å². The van der Waals surface area contributed by atoms with E-state index in [0.29, 0.717) is 0 Å². The Morgan fingerprint density at radius 1 is 1.82 bits per heavy atom. The molecule has 1 heterocycles. The molecule has 1 atom stereocenters. The molecule has 0 aliphatic carbocycles. The summed E-state index contributed by atoms with van der Waals surface area (Å²) in [6, 6.07) is 0.137. The summed E-state index contributed by atoms with van der Waals surface area (Å²) in [5.74, 6) is 0. The number of aliphatic hydroxyl groups is 1. The molecule has 4 heteroatoms. The van der Waals surface area contributed by atoms with Crippen LogP contribution >= 0.6 is 0 Å². The van der Waals surface area contributed by atoms with Crippen molar-refractivity contribution in [2.45, 2.75) is 19.5 Å². The Labute approximate surface area is 65.7 Å². The van der Waals surface area contributed by atoms with Crippen molar-refractivity contribution in [1.82, 2.24) is 15.3 Å². The van der Waals surface area contributed by atoms with Crippen LogP contribution in [-0.4, -0.2) is 27.7 Å². The molecule has 0 saturated carbocycles. The molecule has 62 valence electrons. The van der Waals surface area contributed by atoms with Gasteiger partial charge in [-0.2, -0.15) is 0 Å². The maximum atomic E-state index is 8.68. The predicted octanol–water partition coefficient (Wildman–Crippen LogP) is -0.120. The Balaban J connectivity index is 2.23. The number of aromatic amines is 1. The van der Waals surface area contributed by atoms with Gasteiger partial charge in [-0.3, -0.25) is 0 Å². The van der Waals surface area contributed by atoms with Gasteiger partial charge in [0.25, 0.3) is 0 Å². The number of hydrogen-bond acceptors (Lipinski definition) is 3. The summed E-state index contributed by atoms with van der Waals surface area (Å²) in [6.45, 7) is 2.81. The minimum absolute atomic E-state index is 0.137. The van der Waals surface area contributed by atoms with Crippen molar-refractivity contribution >= 4 is 0 Å². The number of nitrogens with one attached hydrogen (secondary N) is 2. The first kappa shape index (κ1) is 8.23. The van der Waals surface area contributed by atoms with E-state index < -0.39 is 0 Å². The van der Waals surface area contributed by atoms with Crippen LogP contribution in [-0.2, 0) is 6.54 Å². The lowest BCUT2D eigenvalue weighted by molar-refractivity contribution is 0.250. The first-order chi connectivity index (χ1) is 5.33. The molecule has 0 radical (unpaired) electrons. The molecule has 0 amide bonds. The molecule has 1 unspecified atom stereocenters. The van der Waals surface area contributed by atoms with Gasteiger partial charge in [0.15, 0.2) is 0 Å². The Bertz CT molecular complexity index is 186. The summed E-state index contributed by atoms with van der Waals surface area (Å²) < 4.78 is 0. The second-order valence-electron chi connectivity index (χ2n) is 2.54. The number of nitrogens with zero attached hydrogens (tertiary/aromatic N) is 1. The van der Waals surface area contributed by atoms with Crippen molar-refractivity contribution in [3.05, 3.63) is 18.2 Å². The van der Waals surface area contributed by atoms with Gasteiger partial charge in [-0.25, -0.2) is 4.98 Å². The van der Waals surface area contributed by atoms with Crippen LogP contribution in [0.2, 0.25) is 0 Å². The van der Waals surface area contributed by atoms with Crippen molar-refractivity contribution in [1.29, 1.82) is 0 Å². The summed E-state index contributed by atoms with van der Waals surface area (Å²) >= 11 is 0. The Morgan fingerprint density at radius 3 is 3.18 bits per heavy atom. The van der Waals surface area contributed by atoms with Crippen LogP contribution in [0, 0.1) is 0 Å². The van der Waals surface area contributed by atoms with Gasteiger partial charge in [-0.05, 0) is 6.92 Å². The first-order valence-corrected chi connectivity index (χ1v) is 3.64. The standard InChI is InChI=1S/C7H13N3O/c1-6(4-11)9-3-7-2-8-5-10-7/h2,5-6,9,11H,3-4H2,1H3,(H,8,10). The van der Waals surface area contributed by atoms with Crippen LogP contribution in [0.25, 0.3) is 0 Å². The zero-order valence-corrected chi connectivity index (χ0v) is 6.54. The SMILES string of the molecule is CC(CO)NCc1cnc[nH]1. The summed E-state index contributed by atoms with van der Waals surface area (Å²) in [7, 11) is 0. The number of aliphatic hydroxyl groups excluding tert-OH is 1. The van der Waals surface area contributed by atoms with Crippen molar-refractivity contribution in [2.75, 3.05) is 6.61 Å². The number of hydrogen-bond donors (Lipinski definition) is 3. The molecule has 3 N–H and O–H groups in total. The molecule has 0 fully saturated rings. The van der Waals surface area contributed by atoms with E-state index in [1.807, 2.05) is 6.92 Å². The molecule has 11 heavy (non-hydrogen) atoms. The highest BCUT2D eigenvalue weighted by atomic mass is 16.3. The van der Waals surface area contributed by atoms with E-state index >= 15 is 0 Å². The summed E-state index contributed by atoms with van der Waals surface area (Å²) in [4.78, 5) is 6.83. The largest absolute Gasteiger partial charge is 0.395 e. The monoisotopic (exact) mass is 155 g/mol. The lowest BCUT2D eigenvalue weighted by Crippen LogP contribution is -2.28. The van der Waals surface area contributed by atoms with Gasteiger partial charge in [0, 0.05) is 24.5 Å². The molecular formula is C7H13N3O. The van der Waals surface area contributed by atoms with E-state index in [0.717, 1.165) is 12.2 Å². The smallest absolute Gasteiger partial charge is 0.0922 e. The number of H-pyrrole nitrogens is 1. The molecule has 0 aromatic carbocycles. The molecule has 1 aromatic rings. The van der Waals surface area contributed by atoms with Gasteiger partial charge in [0.05, 0.1) is 12.9 Å². The first-order valence-electron chi connectivity index (χ1n) is 3.64. The van der Waals surface area contributed by atoms with Crippen LogP contribution in [0.3, 0.4) is 0 Å². The van der Waals surface area contributed by atoms with Gasteiger partial charge in [-0.15, -0.1) is 0 Å². The maximum absolute atomic E-state index is 8.68. The van der Waals surface area contributed by atoms with Gasteiger partial charge in [0.1, 0.15) is 0 Å². The van der Waals surface area contributed by atoms with Crippen molar-refractivity contribution < 1.29 is 5.11 Å². The quantitative estimate of drug-likeness (QED) is 0.568. The fourth-order valence-electron chi connectivity index (χ4n) is 0.730. The van der Waals surface area contributed by atoms with Crippen molar-refractivity contribution in [3.63, 3.8) is 0 Å². The average molecular weight is 155 g/mol. The zero-order valence-electron chi connectivity index (χ0n) is 6.54. The third-order valence-corrected chi connectivity index (χ3v) is 1.47. The second-order valence-corrected chi connectivity index (χ2v) is 2.54. The highest BCUT2D eigenvalue weighted by Crippen LogP contribution is 1.90. The average Bonchev–Trinajstić information content (AvgIpc) is 2.52. The lowest BCUT2D eigenvalue weighted by Gasteiger charge is -2.08. The maximum Gasteiger partial charge on any atom is 0.0922 e. The zero-order chi connectivity index (χ0) is 8.10. The van der Waals surface area contributed by atoms with Gasteiger partial charge in [0.2, 0.25) is 0 Å². The summed E-state index contributed by atoms with van der Waals surface area (Å²) in [5, 5.41) is 11.8. The molecule has 1 aromatic heterocycles.